The first kappa shape index (κ1) is 7.17. The quantitative estimate of drug-likeness (QED) is 0.397. The van der Waals surface area contributed by atoms with E-state index >= 15 is 0 Å². The molecule has 0 bridgehead atoms. The number of hydrogen-bond acceptors (Lipinski definition) is 4. The van der Waals surface area contributed by atoms with E-state index < -0.39 is 95.0 Å². The van der Waals surface area contributed by atoms with Crippen LogP contribution in [0.1, 0.15) is 16.4 Å². The SMILES string of the molecule is [2H]c1c([2H])c([2H])c(-c2nc(Cl)nc(-c3c([2H])c([2H])c([2H])c4c3oc3c([2H])c([2H])c([2H])c([2H])c34)n2)c([2H])c1[2H]. The number of nitrogens with zero attached hydrogens (tertiary/aromatic N) is 3. The summed E-state index contributed by atoms with van der Waals surface area (Å²) in [5.74, 6) is -0.823. The zero-order valence-electron chi connectivity index (χ0n) is 24.6. The Bertz CT molecular complexity index is 1840. The van der Waals surface area contributed by atoms with Crippen LogP contribution in [-0.2, 0) is 0 Å². The molecule has 5 rings (SSSR count). The number of fused-ring (bicyclic) bond motifs is 3. The molecule has 0 N–H and O–H groups in total. The van der Waals surface area contributed by atoms with Gasteiger partial charge in [0.15, 0.2) is 11.6 Å². The number of rotatable bonds is 2. The second-order valence-electron chi connectivity index (χ2n) is 5.01. The van der Waals surface area contributed by atoms with Crippen LogP contribution in [0.4, 0.5) is 0 Å². The van der Waals surface area contributed by atoms with E-state index in [1.165, 1.54) is 0 Å². The summed E-state index contributed by atoms with van der Waals surface area (Å²) in [6.45, 7) is 0. The lowest BCUT2D eigenvalue weighted by molar-refractivity contribution is 0.669. The van der Waals surface area contributed by atoms with Gasteiger partial charge in [0.2, 0.25) is 5.28 Å². The first-order chi connectivity index (χ1) is 17.8. The van der Waals surface area contributed by atoms with E-state index in [4.69, 9.17) is 32.5 Å². The maximum Gasteiger partial charge on any atom is 0.226 e. The maximum atomic E-state index is 8.51. The highest BCUT2D eigenvalue weighted by atomic mass is 35.5. The molecule has 0 aliphatic rings. The fourth-order valence-corrected chi connectivity index (χ4v) is 2.58. The third kappa shape index (κ3) is 2.43. The molecule has 0 aliphatic carbocycles. The minimum atomic E-state index is -0.643. The van der Waals surface area contributed by atoms with E-state index in [0.29, 0.717) is 0 Å². The molecule has 0 atom stereocenters. The van der Waals surface area contributed by atoms with Gasteiger partial charge in [-0.1, -0.05) is 60.4 Å². The largest absolute Gasteiger partial charge is 0.455 e. The van der Waals surface area contributed by atoms with E-state index in [1.807, 2.05) is 0 Å². The number of para-hydroxylation sites is 2. The summed E-state index contributed by atoms with van der Waals surface area (Å²) in [7, 11) is 0. The van der Waals surface area contributed by atoms with Crippen molar-refractivity contribution >= 4 is 33.5 Å². The van der Waals surface area contributed by atoms with Gasteiger partial charge in [-0.15, -0.1) is 0 Å². The summed E-state index contributed by atoms with van der Waals surface area (Å²) in [6, 6.07) is -7.10. The van der Waals surface area contributed by atoms with Crippen molar-refractivity contribution in [3.8, 4) is 22.8 Å². The number of halogens is 1. The predicted octanol–water partition coefficient (Wildman–Crippen LogP) is 5.76. The van der Waals surface area contributed by atoms with Gasteiger partial charge in [-0.2, -0.15) is 9.97 Å². The molecule has 0 radical (unpaired) electrons. The van der Waals surface area contributed by atoms with Crippen molar-refractivity contribution in [3.05, 3.63) is 77.8 Å². The summed E-state index contributed by atoms with van der Waals surface area (Å²) < 4.78 is 103. The van der Waals surface area contributed by atoms with Crippen LogP contribution < -0.4 is 0 Å². The predicted molar refractivity (Wildman–Crippen MR) is 103 cm³/mol. The third-order valence-corrected chi connectivity index (χ3v) is 3.66. The van der Waals surface area contributed by atoms with Crippen LogP contribution in [0.3, 0.4) is 0 Å². The molecular weight excluding hydrogens is 346 g/mol. The van der Waals surface area contributed by atoms with Crippen LogP contribution in [0.2, 0.25) is 5.28 Å². The number of benzene rings is 3. The normalized spacial score (nSPS) is 17.7. The summed E-state index contributed by atoms with van der Waals surface area (Å²) >= 11 is 6.11. The van der Waals surface area contributed by atoms with Crippen molar-refractivity contribution in [1.82, 2.24) is 15.0 Å². The fourth-order valence-electron chi connectivity index (χ4n) is 2.42. The van der Waals surface area contributed by atoms with Crippen LogP contribution in [0.5, 0.6) is 0 Å². The molecule has 0 aliphatic heterocycles. The monoisotopic (exact) mass is 369 g/mol. The first-order valence-electron chi connectivity index (χ1n) is 13.2. The highest BCUT2D eigenvalue weighted by Gasteiger charge is 2.15. The Morgan fingerprint density at radius 2 is 1.46 bits per heavy atom. The molecule has 5 heteroatoms. The highest BCUT2D eigenvalue weighted by Crippen LogP contribution is 2.35. The van der Waals surface area contributed by atoms with Gasteiger partial charge >= 0.3 is 0 Å². The third-order valence-electron chi connectivity index (χ3n) is 3.49. The van der Waals surface area contributed by atoms with Gasteiger partial charge in [0.05, 0.1) is 22.0 Å². The zero-order valence-corrected chi connectivity index (χ0v) is 13.4. The van der Waals surface area contributed by atoms with Gasteiger partial charge in [0, 0.05) is 16.3 Å². The molecule has 124 valence electrons. The molecule has 0 unspecified atom stereocenters. The summed E-state index contributed by atoms with van der Waals surface area (Å²) in [5.41, 5.74) is -1.28. The molecule has 0 spiro atoms. The van der Waals surface area contributed by atoms with Gasteiger partial charge < -0.3 is 4.42 Å². The van der Waals surface area contributed by atoms with Crippen molar-refractivity contribution in [3.63, 3.8) is 0 Å². The average Bonchev–Trinajstić information content (AvgIpc) is 3.27. The van der Waals surface area contributed by atoms with Crippen molar-refractivity contribution in [1.29, 1.82) is 0 Å². The van der Waals surface area contributed by atoms with Crippen molar-refractivity contribution in [2.45, 2.75) is 0 Å². The van der Waals surface area contributed by atoms with Crippen molar-refractivity contribution in [2.75, 3.05) is 0 Å². The van der Waals surface area contributed by atoms with Gasteiger partial charge in [0.1, 0.15) is 11.2 Å². The number of hydrogen-bond donors (Lipinski definition) is 0. The molecule has 0 fully saturated rings. The smallest absolute Gasteiger partial charge is 0.226 e. The Labute approximate surface area is 171 Å². The molecule has 5 aromatic rings. The molecule has 2 heterocycles. The van der Waals surface area contributed by atoms with Crippen molar-refractivity contribution < 1.29 is 20.9 Å². The number of furan rings is 1. The van der Waals surface area contributed by atoms with Crippen molar-refractivity contribution in [2.24, 2.45) is 0 Å². The molecule has 4 nitrogen and oxygen atoms in total. The lowest BCUT2D eigenvalue weighted by Crippen LogP contribution is -1.97. The second kappa shape index (κ2) is 5.93. The van der Waals surface area contributed by atoms with Crippen LogP contribution in [0, 0.1) is 0 Å². The van der Waals surface area contributed by atoms with Crippen LogP contribution in [0.25, 0.3) is 44.7 Å². The molecular formula is C21H12ClN3O. The van der Waals surface area contributed by atoms with Gasteiger partial charge in [0.25, 0.3) is 0 Å². The Balaban J connectivity index is 1.93. The summed E-state index contributed by atoms with van der Waals surface area (Å²) in [5, 5.41) is -0.827. The van der Waals surface area contributed by atoms with E-state index in [1.54, 1.807) is 0 Å². The van der Waals surface area contributed by atoms with E-state index in [-0.39, 0.29) is 27.5 Å². The van der Waals surface area contributed by atoms with Gasteiger partial charge in [-0.3, -0.25) is 0 Å². The molecule has 3 aromatic carbocycles. The lowest BCUT2D eigenvalue weighted by Gasteiger charge is -2.05. The molecule has 26 heavy (non-hydrogen) atoms. The van der Waals surface area contributed by atoms with Crippen LogP contribution in [-0.4, -0.2) is 15.0 Å². The van der Waals surface area contributed by atoms with E-state index in [2.05, 4.69) is 15.0 Å². The summed E-state index contributed by atoms with van der Waals surface area (Å²) in [4.78, 5) is 12.1. The molecule has 2 aromatic heterocycles. The van der Waals surface area contributed by atoms with E-state index in [9.17, 15) is 0 Å². The topological polar surface area (TPSA) is 51.8 Å². The average molecular weight is 370 g/mol. The second-order valence-corrected chi connectivity index (χ2v) is 5.35. The summed E-state index contributed by atoms with van der Waals surface area (Å²) in [6.07, 6.45) is 0. The zero-order chi connectivity index (χ0) is 28.0. The molecule has 0 saturated heterocycles. The van der Waals surface area contributed by atoms with Crippen LogP contribution >= 0.6 is 11.6 Å². The minimum absolute atomic E-state index is 0.170. The fraction of sp³-hybridized carbons (Fsp3) is 0. The maximum absolute atomic E-state index is 8.51. The Morgan fingerprint density at radius 1 is 0.731 bits per heavy atom. The van der Waals surface area contributed by atoms with Crippen LogP contribution in [0.15, 0.2) is 76.9 Å². The lowest BCUT2D eigenvalue weighted by atomic mass is 10.1. The van der Waals surface area contributed by atoms with E-state index in [0.717, 1.165) is 0 Å². The van der Waals surface area contributed by atoms with Gasteiger partial charge in [-0.25, -0.2) is 4.98 Å². The first-order valence-corrected chi connectivity index (χ1v) is 7.57. The highest BCUT2D eigenvalue weighted by molar-refractivity contribution is 6.28. The Morgan fingerprint density at radius 3 is 2.35 bits per heavy atom. The standard InChI is InChI=1S/C21H12ClN3O/c22-21-24-19(13-7-2-1-3-8-13)23-20(25-21)16-11-6-10-15-14-9-4-5-12-17(14)26-18(15)16/h1-12H/i1D,2D,3D,4D,5D,6D,7D,8D,9D,10D,11D,12D. The molecule has 0 amide bonds. The molecule has 0 saturated carbocycles. The van der Waals surface area contributed by atoms with Gasteiger partial charge in [-0.05, 0) is 23.7 Å². The Hall–Kier alpha value is -3.24. The Kier molecular flexibility index (Phi) is 1.64. The minimum Gasteiger partial charge on any atom is -0.455 e. The number of aromatic nitrogens is 3.